The maximum absolute atomic E-state index is 12.9. The summed E-state index contributed by atoms with van der Waals surface area (Å²) in [7, 11) is 0. The van der Waals surface area contributed by atoms with Gasteiger partial charge in [-0.15, -0.1) is 0 Å². The van der Waals surface area contributed by atoms with Crippen molar-refractivity contribution in [3.63, 3.8) is 0 Å². The SMILES string of the molecule is Cc1ccc(F)c(NC(=N)N)c1. The molecule has 4 heteroatoms. The van der Waals surface area contributed by atoms with Crippen LogP contribution in [0.25, 0.3) is 0 Å². The average Bonchev–Trinajstić information content (AvgIpc) is 1.96. The van der Waals surface area contributed by atoms with Gasteiger partial charge in [0.1, 0.15) is 5.82 Å². The molecule has 0 spiro atoms. The highest BCUT2D eigenvalue weighted by molar-refractivity contribution is 5.89. The Morgan fingerprint density at radius 1 is 1.58 bits per heavy atom. The van der Waals surface area contributed by atoms with E-state index in [1.165, 1.54) is 6.07 Å². The third kappa shape index (κ3) is 1.95. The fourth-order valence-electron chi connectivity index (χ4n) is 0.880. The van der Waals surface area contributed by atoms with E-state index in [4.69, 9.17) is 11.1 Å². The predicted molar refractivity (Wildman–Crippen MR) is 46.7 cm³/mol. The quantitative estimate of drug-likeness (QED) is 0.437. The van der Waals surface area contributed by atoms with Crippen LogP contribution in [0.2, 0.25) is 0 Å². The number of benzene rings is 1. The van der Waals surface area contributed by atoms with E-state index < -0.39 is 5.82 Å². The smallest absolute Gasteiger partial charge is 0.190 e. The second-order valence-corrected chi connectivity index (χ2v) is 2.52. The first-order valence-electron chi connectivity index (χ1n) is 3.47. The molecule has 12 heavy (non-hydrogen) atoms. The minimum Gasteiger partial charge on any atom is -0.370 e. The molecule has 0 saturated carbocycles. The largest absolute Gasteiger partial charge is 0.370 e. The first kappa shape index (κ1) is 8.52. The Morgan fingerprint density at radius 3 is 2.83 bits per heavy atom. The molecule has 3 nitrogen and oxygen atoms in total. The molecule has 0 bridgehead atoms. The monoisotopic (exact) mass is 167 g/mol. The third-order valence-electron chi connectivity index (χ3n) is 1.39. The van der Waals surface area contributed by atoms with Crippen molar-refractivity contribution in [2.75, 3.05) is 5.32 Å². The highest BCUT2D eigenvalue weighted by Crippen LogP contribution is 2.14. The van der Waals surface area contributed by atoms with Crippen molar-refractivity contribution in [1.82, 2.24) is 0 Å². The van der Waals surface area contributed by atoms with Crippen LogP contribution in [0.3, 0.4) is 0 Å². The van der Waals surface area contributed by atoms with E-state index in [1.807, 2.05) is 6.92 Å². The van der Waals surface area contributed by atoms with Gasteiger partial charge in [-0.3, -0.25) is 5.41 Å². The van der Waals surface area contributed by atoms with Gasteiger partial charge < -0.3 is 11.1 Å². The fraction of sp³-hybridized carbons (Fsp3) is 0.125. The molecule has 0 atom stereocenters. The van der Waals surface area contributed by atoms with Gasteiger partial charge in [0.25, 0.3) is 0 Å². The fourth-order valence-corrected chi connectivity index (χ4v) is 0.880. The zero-order valence-corrected chi connectivity index (χ0v) is 6.69. The summed E-state index contributed by atoms with van der Waals surface area (Å²) in [6.45, 7) is 1.84. The molecule has 0 amide bonds. The van der Waals surface area contributed by atoms with Crippen molar-refractivity contribution in [2.45, 2.75) is 6.92 Å². The molecule has 0 aliphatic rings. The highest BCUT2D eigenvalue weighted by Gasteiger charge is 2.01. The Hall–Kier alpha value is -1.58. The van der Waals surface area contributed by atoms with E-state index in [1.54, 1.807) is 12.1 Å². The molecule has 0 fully saturated rings. The summed E-state index contributed by atoms with van der Waals surface area (Å²) >= 11 is 0. The van der Waals surface area contributed by atoms with Crippen LogP contribution in [0.1, 0.15) is 5.56 Å². The number of guanidine groups is 1. The van der Waals surface area contributed by atoms with E-state index >= 15 is 0 Å². The molecule has 0 aliphatic heterocycles. The van der Waals surface area contributed by atoms with Crippen molar-refractivity contribution < 1.29 is 4.39 Å². The summed E-state index contributed by atoms with van der Waals surface area (Å²) in [5.41, 5.74) is 6.20. The predicted octanol–water partition coefficient (Wildman–Crippen LogP) is 1.44. The minimum atomic E-state index is -0.407. The number of hydrogen-bond acceptors (Lipinski definition) is 1. The molecule has 0 aliphatic carbocycles. The maximum atomic E-state index is 12.9. The molecule has 0 radical (unpaired) electrons. The van der Waals surface area contributed by atoms with Crippen molar-refractivity contribution >= 4 is 11.6 Å². The Labute approximate surface area is 69.9 Å². The molecule has 0 heterocycles. The number of aryl methyl sites for hydroxylation is 1. The third-order valence-corrected chi connectivity index (χ3v) is 1.39. The Balaban J connectivity index is 2.97. The second-order valence-electron chi connectivity index (χ2n) is 2.52. The van der Waals surface area contributed by atoms with Gasteiger partial charge in [-0.05, 0) is 24.6 Å². The molecular formula is C8H10FN3. The van der Waals surface area contributed by atoms with E-state index in [-0.39, 0.29) is 11.6 Å². The minimum absolute atomic E-state index is 0.238. The summed E-state index contributed by atoms with van der Waals surface area (Å²) in [5, 5.41) is 9.30. The normalized spacial score (nSPS) is 9.50. The number of nitrogens with two attached hydrogens (primary N) is 1. The second kappa shape index (κ2) is 3.21. The van der Waals surface area contributed by atoms with Crippen LogP contribution in [-0.2, 0) is 0 Å². The summed E-state index contributed by atoms with van der Waals surface area (Å²) in [5.74, 6) is -0.671. The summed E-state index contributed by atoms with van der Waals surface area (Å²) in [6.07, 6.45) is 0. The standard InChI is InChI=1S/C8H10FN3/c1-5-2-3-6(9)7(4-5)12-8(10)11/h2-4H,1H3,(H4,10,11,12). The molecule has 4 N–H and O–H groups in total. The van der Waals surface area contributed by atoms with Crippen LogP contribution < -0.4 is 11.1 Å². The molecule has 64 valence electrons. The van der Waals surface area contributed by atoms with Gasteiger partial charge in [0.2, 0.25) is 0 Å². The molecule has 0 unspecified atom stereocenters. The van der Waals surface area contributed by atoms with E-state index in [9.17, 15) is 4.39 Å². The first-order chi connectivity index (χ1) is 5.59. The average molecular weight is 167 g/mol. The summed E-state index contributed by atoms with van der Waals surface area (Å²) in [6, 6.07) is 4.58. The van der Waals surface area contributed by atoms with Crippen molar-refractivity contribution in [2.24, 2.45) is 5.73 Å². The lowest BCUT2D eigenvalue weighted by Crippen LogP contribution is -2.21. The Kier molecular flexibility index (Phi) is 2.28. The van der Waals surface area contributed by atoms with Crippen LogP contribution >= 0.6 is 0 Å². The van der Waals surface area contributed by atoms with Gasteiger partial charge in [0.15, 0.2) is 5.96 Å². The van der Waals surface area contributed by atoms with Crippen molar-refractivity contribution in [3.8, 4) is 0 Å². The lowest BCUT2D eigenvalue weighted by atomic mass is 10.2. The van der Waals surface area contributed by atoms with Crippen LogP contribution in [0, 0.1) is 18.2 Å². The first-order valence-corrected chi connectivity index (χ1v) is 3.47. The van der Waals surface area contributed by atoms with Crippen LogP contribution in [0.5, 0.6) is 0 Å². The molecule has 1 rings (SSSR count). The molecule has 1 aromatic carbocycles. The highest BCUT2D eigenvalue weighted by atomic mass is 19.1. The number of anilines is 1. The van der Waals surface area contributed by atoms with E-state index in [2.05, 4.69) is 5.32 Å². The lowest BCUT2D eigenvalue weighted by molar-refractivity contribution is 0.631. The van der Waals surface area contributed by atoms with Gasteiger partial charge in [-0.1, -0.05) is 6.07 Å². The van der Waals surface area contributed by atoms with Crippen LogP contribution in [-0.4, -0.2) is 5.96 Å². The van der Waals surface area contributed by atoms with Crippen LogP contribution in [0.4, 0.5) is 10.1 Å². The Morgan fingerprint density at radius 2 is 2.25 bits per heavy atom. The van der Waals surface area contributed by atoms with Gasteiger partial charge in [0, 0.05) is 0 Å². The summed E-state index contributed by atoms with van der Waals surface area (Å²) < 4.78 is 12.9. The molecule has 0 saturated heterocycles. The molecular weight excluding hydrogens is 157 g/mol. The number of hydrogen-bond donors (Lipinski definition) is 3. The van der Waals surface area contributed by atoms with E-state index in [0.29, 0.717) is 0 Å². The maximum Gasteiger partial charge on any atom is 0.190 e. The molecule has 1 aromatic rings. The van der Waals surface area contributed by atoms with Gasteiger partial charge in [0.05, 0.1) is 5.69 Å². The van der Waals surface area contributed by atoms with E-state index in [0.717, 1.165) is 5.56 Å². The number of halogens is 1. The topological polar surface area (TPSA) is 61.9 Å². The van der Waals surface area contributed by atoms with Gasteiger partial charge >= 0.3 is 0 Å². The van der Waals surface area contributed by atoms with Crippen LogP contribution in [0.15, 0.2) is 18.2 Å². The zero-order valence-electron chi connectivity index (χ0n) is 6.69. The van der Waals surface area contributed by atoms with Crippen molar-refractivity contribution in [3.05, 3.63) is 29.6 Å². The number of rotatable bonds is 1. The summed E-state index contributed by atoms with van der Waals surface area (Å²) in [4.78, 5) is 0. The van der Waals surface area contributed by atoms with Gasteiger partial charge in [-0.2, -0.15) is 0 Å². The van der Waals surface area contributed by atoms with Gasteiger partial charge in [-0.25, -0.2) is 4.39 Å². The number of nitrogens with one attached hydrogen (secondary N) is 2. The zero-order chi connectivity index (χ0) is 9.14. The lowest BCUT2D eigenvalue weighted by Gasteiger charge is -2.05. The molecule has 0 aromatic heterocycles. The Bertz CT molecular complexity index is 309. The van der Waals surface area contributed by atoms with Crippen molar-refractivity contribution in [1.29, 1.82) is 5.41 Å².